The number of hydrogen-bond donors (Lipinski definition) is 1. The Hall–Kier alpha value is -2.10. The lowest BCUT2D eigenvalue weighted by molar-refractivity contribution is 0.413. The highest BCUT2D eigenvalue weighted by atomic mass is 19.1. The van der Waals surface area contributed by atoms with Gasteiger partial charge in [0.05, 0.1) is 12.8 Å². The van der Waals surface area contributed by atoms with Gasteiger partial charge in [-0.1, -0.05) is 6.07 Å². The summed E-state index contributed by atoms with van der Waals surface area (Å²) in [5.74, 6) is 0.0146. The second kappa shape index (κ2) is 4.18. The summed E-state index contributed by atoms with van der Waals surface area (Å²) in [6.07, 6.45) is 0. The summed E-state index contributed by atoms with van der Waals surface area (Å²) >= 11 is 0. The van der Waals surface area contributed by atoms with E-state index >= 15 is 0 Å². The standard InChI is InChI=1S/C12H10FNO2/c1-16-11-7-8(13)5-6-9(11)10-3-2-4-12(15)14-10/h2-7H,1H3,(H,14,15). The SMILES string of the molecule is COc1cc(F)ccc1-c1cccc(=O)[nH]1. The van der Waals surface area contributed by atoms with Crippen molar-refractivity contribution in [1.82, 2.24) is 4.98 Å². The van der Waals surface area contributed by atoms with Crippen LogP contribution in [0.5, 0.6) is 5.75 Å². The van der Waals surface area contributed by atoms with Crippen LogP contribution >= 0.6 is 0 Å². The van der Waals surface area contributed by atoms with Crippen LogP contribution in [-0.2, 0) is 0 Å². The molecule has 2 aromatic rings. The molecule has 0 radical (unpaired) electrons. The number of hydrogen-bond acceptors (Lipinski definition) is 2. The Bertz CT molecular complexity index is 563. The van der Waals surface area contributed by atoms with Gasteiger partial charge in [0, 0.05) is 17.7 Å². The molecule has 1 aromatic heterocycles. The highest BCUT2D eigenvalue weighted by Gasteiger charge is 2.07. The van der Waals surface area contributed by atoms with E-state index in [1.807, 2.05) is 0 Å². The van der Waals surface area contributed by atoms with E-state index in [1.165, 1.54) is 25.3 Å². The number of aromatic amines is 1. The molecule has 16 heavy (non-hydrogen) atoms. The first kappa shape index (κ1) is 10.4. The predicted octanol–water partition coefficient (Wildman–Crippen LogP) is 2.19. The van der Waals surface area contributed by atoms with Gasteiger partial charge < -0.3 is 9.72 Å². The van der Waals surface area contributed by atoms with Crippen molar-refractivity contribution >= 4 is 0 Å². The number of H-pyrrole nitrogens is 1. The van der Waals surface area contributed by atoms with Crippen LogP contribution < -0.4 is 10.3 Å². The highest BCUT2D eigenvalue weighted by molar-refractivity contribution is 5.66. The van der Waals surface area contributed by atoms with E-state index in [0.29, 0.717) is 17.0 Å². The monoisotopic (exact) mass is 219 g/mol. The van der Waals surface area contributed by atoms with E-state index in [0.717, 1.165) is 0 Å². The van der Waals surface area contributed by atoms with Crippen LogP contribution in [-0.4, -0.2) is 12.1 Å². The number of benzene rings is 1. The summed E-state index contributed by atoms with van der Waals surface area (Å²) in [5, 5.41) is 0. The van der Waals surface area contributed by atoms with Crippen LogP contribution in [0.4, 0.5) is 4.39 Å². The van der Waals surface area contributed by atoms with Gasteiger partial charge in [-0.25, -0.2) is 4.39 Å². The molecule has 1 N–H and O–H groups in total. The predicted molar refractivity (Wildman–Crippen MR) is 59.0 cm³/mol. The van der Waals surface area contributed by atoms with Crippen molar-refractivity contribution in [3.63, 3.8) is 0 Å². The van der Waals surface area contributed by atoms with E-state index < -0.39 is 0 Å². The van der Waals surface area contributed by atoms with E-state index in [1.54, 1.807) is 18.2 Å². The zero-order valence-corrected chi connectivity index (χ0v) is 8.66. The molecule has 1 aromatic carbocycles. The molecular formula is C12H10FNO2. The fraction of sp³-hybridized carbons (Fsp3) is 0.0833. The maximum absolute atomic E-state index is 13.0. The van der Waals surface area contributed by atoms with Gasteiger partial charge in [0.2, 0.25) is 5.56 Å². The summed E-state index contributed by atoms with van der Waals surface area (Å²) < 4.78 is 18.0. The lowest BCUT2D eigenvalue weighted by Gasteiger charge is -2.07. The third-order valence-electron chi connectivity index (χ3n) is 2.22. The minimum absolute atomic E-state index is 0.205. The molecule has 0 unspecified atom stereocenters. The van der Waals surface area contributed by atoms with Gasteiger partial charge in [0.1, 0.15) is 11.6 Å². The van der Waals surface area contributed by atoms with Gasteiger partial charge in [-0.05, 0) is 18.2 Å². The first-order valence-corrected chi connectivity index (χ1v) is 4.74. The fourth-order valence-corrected chi connectivity index (χ4v) is 1.49. The normalized spacial score (nSPS) is 10.1. The van der Waals surface area contributed by atoms with Gasteiger partial charge >= 0.3 is 0 Å². The van der Waals surface area contributed by atoms with Crippen LogP contribution in [0.2, 0.25) is 0 Å². The third kappa shape index (κ3) is 1.95. The van der Waals surface area contributed by atoms with E-state index in [9.17, 15) is 9.18 Å². The molecule has 2 rings (SSSR count). The number of aromatic nitrogens is 1. The molecule has 0 amide bonds. The van der Waals surface area contributed by atoms with Crippen molar-refractivity contribution in [1.29, 1.82) is 0 Å². The molecular weight excluding hydrogens is 209 g/mol. The van der Waals surface area contributed by atoms with Crippen molar-refractivity contribution in [3.05, 3.63) is 52.6 Å². The quantitative estimate of drug-likeness (QED) is 0.841. The Balaban J connectivity index is 2.59. The van der Waals surface area contributed by atoms with Crippen molar-refractivity contribution in [3.8, 4) is 17.0 Å². The second-order valence-corrected chi connectivity index (χ2v) is 3.27. The van der Waals surface area contributed by atoms with Gasteiger partial charge in [-0.15, -0.1) is 0 Å². The Morgan fingerprint density at radius 1 is 1.25 bits per heavy atom. The molecule has 0 aliphatic carbocycles. The summed E-state index contributed by atoms with van der Waals surface area (Å²) in [6.45, 7) is 0. The van der Waals surface area contributed by atoms with Gasteiger partial charge in [-0.2, -0.15) is 0 Å². The summed E-state index contributed by atoms with van der Waals surface area (Å²) in [5.41, 5.74) is 1.05. The Labute approximate surface area is 91.5 Å². The molecule has 0 bridgehead atoms. The van der Waals surface area contributed by atoms with Crippen LogP contribution in [0.3, 0.4) is 0 Å². The average molecular weight is 219 g/mol. The number of halogens is 1. The van der Waals surface area contributed by atoms with Gasteiger partial charge in [0.15, 0.2) is 0 Å². The van der Waals surface area contributed by atoms with Crippen LogP contribution in [0.15, 0.2) is 41.2 Å². The fourth-order valence-electron chi connectivity index (χ4n) is 1.49. The molecule has 0 saturated heterocycles. The van der Waals surface area contributed by atoms with E-state index in [-0.39, 0.29) is 11.4 Å². The molecule has 82 valence electrons. The Morgan fingerprint density at radius 2 is 2.06 bits per heavy atom. The highest BCUT2D eigenvalue weighted by Crippen LogP contribution is 2.28. The van der Waals surface area contributed by atoms with Crippen molar-refractivity contribution in [2.75, 3.05) is 7.11 Å². The Kier molecular flexibility index (Phi) is 2.72. The molecule has 0 atom stereocenters. The van der Waals surface area contributed by atoms with Crippen LogP contribution in [0, 0.1) is 5.82 Å². The van der Waals surface area contributed by atoms with Crippen molar-refractivity contribution in [2.45, 2.75) is 0 Å². The number of methoxy groups -OCH3 is 1. The first-order chi connectivity index (χ1) is 7.70. The van der Waals surface area contributed by atoms with Gasteiger partial charge in [0.25, 0.3) is 0 Å². The molecule has 0 aliphatic heterocycles. The zero-order valence-electron chi connectivity index (χ0n) is 8.66. The maximum atomic E-state index is 13.0. The van der Waals surface area contributed by atoms with Crippen LogP contribution in [0.1, 0.15) is 0 Å². The summed E-state index contributed by atoms with van der Waals surface area (Å²) in [7, 11) is 1.46. The number of rotatable bonds is 2. The maximum Gasteiger partial charge on any atom is 0.248 e. The van der Waals surface area contributed by atoms with E-state index in [2.05, 4.69) is 4.98 Å². The Morgan fingerprint density at radius 3 is 2.75 bits per heavy atom. The second-order valence-electron chi connectivity index (χ2n) is 3.27. The minimum Gasteiger partial charge on any atom is -0.496 e. The van der Waals surface area contributed by atoms with Crippen molar-refractivity contribution in [2.24, 2.45) is 0 Å². The molecule has 4 heteroatoms. The molecule has 0 saturated carbocycles. The topological polar surface area (TPSA) is 42.1 Å². The lowest BCUT2D eigenvalue weighted by atomic mass is 10.1. The largest absolute Gasteiger partial charge is 0.496 e. The van der Waals surface area contributed by atoms with Gasteiger partial charge in [-0.3, -0.25) is 4.79 Å². The van der Waals surface area contributed by atoms with E-state index in [4.69, 9.17) is 4.74 Å². The van der Waals surface area contributed by atoms with Crippen LogP contribution in [0.25, 0.3) is 11.3 Å². The number of ether oxygens (including phenoxy) is 1. The molecule has 0 spiro atoms. The molecule has 0 aliphatic rings. The average Bonchev–Trinajstić information content (AvgIpc) is 2.28. The number of nitrogens with one attached hydrogen (secondary N) is 1. The molecule has 1 heterocycles. The smallest absolute Gasteiger partial charge is 0.248 e. The number of pyridine rings is 1. The lowest BCUT2D eigenvalue weighted by Crippen LogP contribution is -2.04. The molecule has 3 nitrogen and oxygen atoms in total. The first-order valence-electron chi connectivity index (χ1n) is 4.74. The zero-order chi connectivity index (χ0) is 11.5. The summed E-state index contributed by atoms with van der Waals surface area (Å²) in [4.78, 5) is 13.8. The summed E-state index contributed by atoms with van der Waals surface area (Å²) in [6, 6.07) is 8.96. The van der Waals surface area contributed by atoms with Crippen molar-refractivity contribution < 1.29 is 9.13 Å². The minimum atomic E-state index is -0.376. The molecule has 0 fully saturated rings. The third-order valence-corrected chi connectivity index (χ3v) is 2.22.